The van der Waals surface area contributed by atoms with Crippen LogP contribution in [0.4, 0.5) is 0 Å². The maximum atomic E-state index is 12.9. The molecule has 0 spiro atoms. The Hall–Kier alpha value is -2.69. The van der Waals surface area contributed by atoms with Gasteiger partial charge in [-0.3, -0.25) is 14.6 Å². The summed E-state index contributed by atoms with van der Waals surface area (Å²) in [6, 6.07) is 13.4. The number of amides is 2. The number of carbonyl (C=O) groups is 2. The highest BCUT2D eigenvalue weighted by Gasteiger charge is 2.27. The number of benzene rings is 1. The predicted molar refractivity (Wildman–Crippen MR) is 105 cm³/mol. The number of pyridine rings is 1. The smallest absolute Gasteiger partial charge is 0.272 e. The topological polar surface area (TPSA) is 53.5 Å². The van der Waals surface area contributed by atoms with E-state index in [0.717, 1.165) is 31.4 Å². The fourth-order valence-corrected chi connectivity index (χ4v) is 3.67. The van der Waals surface area contributed by atoms with E-state index in [1.807, 2.05) is 35.2 Å². The van der Waals surface area contributed by atoms with Crippen molar-refractivity contribution in [2.75, 3.05) is 13.6 Å². The Morgan fingerprint density at radius 2 is 1.96 bits per heavy atom. The van der Waals surface area contributed by atoms with Crippen LogP contribution in [-0.4, -0.2) is 46.2 Å². The largest absolute Gasteiger partial charge is 0.337 e. The molecule has 2 amide bonds. The lowest BCUT2D eigenvalue weighted by molar-refractivity contribution is 0.0602. The fourth-order valence-electron chi connectivity index (χ4n) is 3.67. The molecule has 0 radical (unpaired) electrons. The van der Waals surface area contributed by atoms with E-state index in [2.05, 4.69) is 11.9 Å². The number of likely N-dealkylation sites (tertiary alicyclic amines) is 1. The van der Waals surface area contributed by atoms with Crippen LogP contribution >= 0.6 is 0 Å². The number of rotatable bonds is 5. The molecule has 1 saturated heterocycles. The van der Waals surface area contributed by atoms with Gasteiger partial charge in [-0.2, -0.15) is 0 Å². The number of hydrogen-bond donors (Lipinski definition) is 0. The third-order valence-corrected chi connectivity index (χ3v) is 5.19. The Kier molecular flexibility index (Phi) is 6.22. The van der Waals surface area contributed by atoms with Crippen LogP contribution in [0.1, 0.15) is 59.0 Å². The zero-order valence-corrected chi connectivity index (χ0v) is 16.1. The maximum absolute atomic E-state index is 12.9. The van der Waals surface area contributed by atoms with Crippen molar-refractivity contribution in [1.29, 1.82) is 0 Å². The lowest BCUT2D eigenvalue weighted by Gasteiger charge is -2.35. The van der Waals surface area contributed by atoms with E-state index in [1.165, 1.54) is 6.42 Å². The zero-order chi connectivity index (χ0) is 19.2. The Balaban J connectivity index is 1.74. The van der Waals surface area contributed by atoms with E-state index in [9.17, 15) is 9.59 Å². The van der Waals surface area contributed by atoms with Gasteiger partial charge in [0.1, 0.15) is 5.69 Å². The van der Waals surface area contributed by atoms with Gasteiger partial charge in [0.2, 0.25) is 0 Å². The van der Waals surface area contributed by atoms with Crippen LogP contribution < -0.4 is 0 Å². The highest BCUT2D eigenvalue weighted by Crippen LogP contribution is 2.21. The Morgan fingerprint density at radius 3 is 2.70 bits per heavy atom. The molecule has 0 bridgehead atoms. The quantitative estimate of drug-likeness (QED) is 0.811. The third kappa shape index (κ3) is 4.54. The van der Waals surface area contributed by atoms with Crippen molar-refractivity contribution >= 4 is 11.8 Å². The van der Waals surface area contributed by atoms with Crippen molar-refractivity contribution < 1.29 is 9.59 Å². The predicted octanol–water partition coefficient (Wildman–Crippen LogP) is 3.76. The molecule has 0 saturated carbocycles. The van der Waals surface area contributed by atoms with Crippen LogP contribution in [0.15, 0.2) is 48.7 Å². The summed E-state index contributed by atoms with van der Waals surface area (Å²) in [4.78, 5) is 33.6. The van der Waals surface area contributed by atoms with Gasteiger partial charge in [-0.05, 0) is 43.4 Å². The van der Waals surface area contributed by atoms with Crippen LogP contribution in [0.5, 0.6) is 0 Å². The summed E-state index contributed by atoms with van der Waals surface area (Å²) in [5.74, 6) is -0.178. The second-order valence-electron chi connectivity index (χ2n) is 7.13. The molecule has 5 nitrogen and oxygen atoms in total. The van der Waals surface area contributed by atoms with Crippen LogP contribution in [0.3, 0.4) is 0 Å². The molecular formula is C22H27N3O2. The molecule has 5 heteroatoms. The zero-order valence-electron chi connectivity index (χ0n) is 16.1. The van der Waals surface area contributed by atoms with E-state index >= 15 is 0 Å². The first-order chi connectivity index (χ1) is 13.1. The fraction of sp³-hybridized carbons (Fsp3) is 0.409. The van der Waals surface area contributed by atoms with Crippen molar-refractivity contribution in [1.82, 2.24) is 14.8 Å². The lowest BCUT2D eigenvalue weighted by atomic mass is 9.99. The van der Waals surface area contributed by atoms with Crippen LogP contribution in [0, 0.1) is 0 Å². The van der Waals surface area contributed by atoms with Gasteiger partial charge in [-0.15, -0.1) is 0 Å². The molecule has 2 heterocycles. The van der Waals surface area contributed by atoms with E-state index in [0.29, 0.717) is 17.8 Å². The number of aromatic nitrogens is 1. The van der Waals surface area contributed by atoms with Gasteiger partial charge in [-0.1, -0.05) is 37.3 Å². The van der Waals surface area contributed by atoms with Crippen LogP contribution in [0.2, 0.25) is 0 Å². The Labute approximate surface area is 161 Å². The third-order valence-electron chi connectivity index (χ3n) is 5.19. The molecule has 3 rings (SSSR count). The molecule has 27 heavy (non-hydrogen) atoms. The molecule has 1 aliphatic rings. The normalized spacial score (nSPS) is 16.8. The number of nitrogens with zero attached hydrogens (tertiary/aromatic N) is 3. The average molecular weight is 365 g/mol. The first-order valence-corrected chi connectivity index (χ1v) is 9.66. The highest BCUT2D eigenvalue weighted by molar-refractivity contribution is 5.98. The summed E-state index contributed by atoms with van der Waals surface area (Å²) in [5, 5.41) is 0. The molecule has 2 aromatic rings. The molecule has 1 aromatic carbocycles. The van der Waals surface area contributed by atoms with Gasteiger partial charge in [0.15, 0.2) is 0 Å². The van der Waals surface area contributed by atoms with E-state index in [1.54, 1.807) is 30.3 Å². The van der Waals surface area contributed by atoms with E-state index in [-0.39, 0.29) is 17.9 Å². The van der Waals surface area contributed by atoms with Crippen LogP contribution in [-0.2, 0) is 6.54 Å². The monoisotopic (exact) mass is 365 g/mol. The van der Waals surface area contributed by atoms with Crippen molar-refractivity contribution in [2.45, 2.75) is 45.2 Å². The number of hydrogen-bond acceptors (Lipinski definition) is 3. The van der Waals surface area contributed by atoms with Gasteiger partial charge in [0.05, 0.1) is 0 Å². The molecule has 1 atom stereocenters. The Morgan fingerprint density at radius 1 is 1.19 bits per heavy atom. The molecule has 1 fully saturated rings. The van der Waals surface area contributed by atoms with E-state index in [4.69, 9.17) is 0 Å². The molecule has 1 aromatic heterocycles. The first kappa shape index (κ1) is 19.1. The second kappa shape index (κ2) is 8.80. The molecule has 142 valence electrons. The minimum atomic E-state index is -0.110. The maximum Gasteiger partial charge on any atom is 0.272 e. The van der Waals surface area contributed by atoms with Gasteiger partial charge in [0.25, 0.3) is 11.8 Å². The second-order valence-corrected chi connectivity index (χ2v) is 7.13. The SMILES string of the molecule is CCC1CCCCN1C(=O)c1cc(C(=O)N(C)Cc2ccccc2)ccn1. The van der Waals surface area contributed by atoms with Crippen LogP contribution in [0.25, 0.3) is 0 Å². The van der Waals surface area contributed by atoms with E-state index < -0.39 is 0 Å². The summed E-state index contributed by atoms with van der Waals surface area (Å²) >= 11 is 0. The van der Waals surface area contributed by atoms with Crippen molar-refractivity contribution in [3.05, 3.63) is 65.5 Å². The minimum Gasteiger partial charge on any atom is -0.337 e. The summed E-state index contributed by atoms with van der Waals surface area (Å²) in [5.41, 5.74) is 1.92. The molecule has 0 aliphatic carbocycles. The molecular weight excluding hydrogens is 338 g/mol. The highest BCUT2D eigenvalue weighted by atomic mass is 16.2. The van der Waals surface area contributed by atoms with Gasteiger partial charge in [-0.25, -0.2) is 0 Å². The summed E-state index contributed by atoms with van der Waals surface area (Å²) in [7, 11) is 1.77. The van der Waals surface area contributed by atoms with Crippen molar-refractivity contribution in [2.24, 2.45) is 0 Å². The summed E-state index contributed by atoms with van der Waals surface area (Å²) in [6.07, 6.45) is 5.74. The first-order valence-electron chi connectivity index (χ1n) is 9.66. The van der Waals surface area contributed by atoms with Gasteiger partial charge in [0, 0.05) is 37.9 Å². The average Bonchev–Trinajstić information content (AvgIpc) is 2.73. The standard InChI is InChI=1S/C22H27N3O2/c1-3-19-11-7-8-14-25(19)22(27)20-15-18(12-13-23-20)21(26)24(2)16-17-9-5-4-6-10-17/h4-6,9-10,12-13,15,19H,3,7-8,11,14,16H2,1-2H3. The number of piperidine rings is 1. The summed E-state index contributed by atoms with van der Waals surface area (Å²) < 4.78 is 0. The molecule has 0 N–H and O–H groups in total. The van der Waals surface area contributed by atoms with Crippen molar-refractivity contribution in [3.8, 4) is 0 Å². The lowest BCUT2D eigenvalue weighted by Crippen LogP contribution is -2.43. The van der Waals surface area contributed by atoms with Gasteiger partial charge < -0.3 is 9.80 Å². The minimum absolute atomic E-state index is 0.0677. The van der Waals surface area contributed by atoms with Crippen molar-refractivity contribution in [3.63, 3.8) is 0 Å². The summed E-state index contributed by atoms with van der Waals surface area (Å²) in [6.45, 7) is 3.41. The Bertz CT molecular complexity index is 791. The number of carbonyl (C=O) groups excluding carboxylic acids is 2. The van der Waals surface area contributed by atoms with Gasteiger partial charge >= 0.3 is 0 Å². The molecule has 1 aliphatic heterocycles. The molecule has 1 unspecified atom stereocenters.